The minimum Gasteiger partial charge on any atom is -0.327 e. The number of aromatic nitrogens is 4. The highest BCUT2D eigenvalue weighted by Crippen LogP contribution is 2.29. The Bertz CT molecular complexity index is 861. The number of rotatable bonds is 2. The Morgan fingerprint density at radius 1 is 1.45 bits per heavy atom. The van der Waals surface area contributed by atoms with Crippen molar-refractivity contribution in [3.8, 4) is 5.69 Å². The summed E-state index contributed by atoms with van der Waals surface area (Å²) in [5.41, 5.74) is 3.66. The third-order valence-corrected chi connectivity index (χ3v) is 4.29. The van der Waals surface area contributed by atoms with Crippen LogP contribution >= 0.6 is 39.7 Å². The van der Waals surface area contributed by atoms with Gasteiger partial charge in [-0.2, -0.15) is 5.10 Å². The lowest BCUT2D eigenvalue weighted by Crippen LogP contribution is -2.04. The number of benzene rings is 1. The van der Waals surface area contributed by atoms with E-state index in [9.17, 15) is 0 Å². The van der Waals surface area contributed by atoms with Gasteiger partial charge in [-0.1, -0.05) is 27.5 Å². The van der Waals surface area contributed by atoms with E-state index < -0.39 is 0 Å². The quantitative estimate of drug-likeness (QED) is 0.667. The molecule has 0 atom stereocenters. The fourth-order valence-electron chi connectivity index (χ4n) is 2.30. The van der Waals surface area contributed by atoms with Gasteiger partial charge in [0.15, 0.2) is 10.4 Å². The SMILES string of the molecule is CCn1nc(C)c2[nH]c(=S)n(-c3cc(Br)ccc3Cl)c21. The fourth-order valence-corrected chi connectivity index (χ4v) is 3.14. The van der Waals surface area contributed by atoms with E-state index in [-0.39, 0.29) is 0 Å². The van der Waals surface area contributed by atoms with Crippen molar-refractivity contribution in [3.63, 3.8) is 0 Å². The molecule has 0 saturated heterocycles. The van der Waals surface area contributed by atoms with Gasteiger partial charge in [0.1, 0.15) is 5.52 Å². The van der Waals surface area contributed by atoms with Crippen LogP contribution in [0, 0.1) is 11.7 Å². The van der Waals surface area contributed by atoms with E-state index in [0.717, 1.165) is 33.6 Å². The van der Waals surface area contributed by atoms with Crippen LogP contribution in [0.3, 0.4) is 0 Å². The topological polar surface area (TPSA) is 38.5 Å². The third kappa shape index (κ3) is 2.03. The van der Waals surface area contributed by atoms with Gasteiger partial charge in [-0.05, 0) is 44.3 Å². The number of H-pyrrole nitrogens is 1. The maximum Gasteiger partial charge on any atom is 0.184 e. The molecule has 3 aromatic rings. The molecule has 0 bridgehead atoms. The zero-order valence-corrected chi connectivity index (χ0v) is 14.1. The van der Waals surface area contributed by atoms with E-state index in [1.165, 1.54) is 0 Å². The molecule has 3 rings (SSSR count). The number of halogens is 2. The second kappa shape index (κ2) is 5.02. The maximum atomic E-state index is 6.33. The van der Waals surface area contributed by atoms with E-state index in [2.05, 4.69) is 32.9 Å². The first kappa shape index (κ1) is 13.9. The summed E-state index contributed by atoms with van der Waals surface area (Å²) >= 11 is 15.3. The molecule has 2 aromatic heterocycles. The van der Waals surface area contributed by atoms with Gasteiger partial charge in [0, 0.05) is 11.0 Å². The summed E-state index contributed by atoms with van der Waals surface area (Å²) in [6, 6.07) is 5.70. The van der Waals surface area contributed by atoms with Crippen LogP contribution in [0.2, 0.25) is 5.02 Å². The molecule has 0 aliphatic heterocycles. The first-order valence-electron chi connectivity index (χ1n) is 6.16. The van der Waals surface area contributed by atoms with Gasteiger partial charge in [0.25, 0.3) is 0 Å². The smallest absolute Gasteiger partial charge is 0.184 e. The van der Waals surface area contributed by atoms with E-state index in [1.54, 1.807) is 0 Å². The van der Waals surface area contributed by atoms with Crippen molar-refractivity contribution in [2.75, 3.05) is 0 Å². The highest BCUT2D eigenvalue weighted by molar-refractivity contribution is 9.10. The predicted molar refractivity (Wildman–Crippen MR) is 87.4 cm³/mol. The Morgan fingerprint density at radius 2 is 2.20 bits per heavy atom. The van der Waals surface area contributed by atoms with Crippen molar-refractivity contribution in [1.82, 2.24) is 19.3 Å². The summed E-state index contributed by atoms with van der Waals surface area (Å²) in [4.78, 5) is 3.22. The molecule has 0 amide bonds. The van der Waals surface area contributed by atoms with Crippen molar-refractivity contribution in [1.29, 1.82) is 0 Å². The predicted octanol–water partition coefficient (Wildman–Crippen LogP) is 4.63. The van der Waals surface area contributed by atoms with Crippen molar-refractivity contribution in [3.05, 3.63) is 38.2 Å². The highest BCUT2D eigenvalue weighted by Gasteiger charge is 2.16. The molecule has 1 N–H and O–H groups in total. The summed E-state index contributed by atoms with van der Waals surface area (Å²) in [6.07, 6.45) is 0. The molecule has 0 aliphatic carbocycles. The lowest BCUT2D eigenvalue weighted by molar-refractivity contribution is 0.662. The molecule has 2 heterocycles. The number of hydrogen-bond acceptors (Lipinski definition) is 2. The highest BCUT2D eigenvalue weighted by atomic mass is 79.9. The molecule has 0 fully saturated rings. The molecule has 104 valence electrons. The minimum atomic E-state index is 0.614. The van der Waals surface area contributed by atoms with Crippen molar-refractivity contribution >= 4 is 50.9 Å². The summed E-state index contributed by atoms with van der Waals surface area (Å²) in [7, 11) is 0. The fraction of sp³-hybridized carbons (Fsp3) is 0.231. The van der Waals surface area contributed by atoms with Gasteiger partial charge < -0.3 is 4.98 Å². The van der Waals surface area contributed by atoms with Crippen LogP contribution in [0.4, 0.5) is 0 Å². The second-order valence-corrected chi connectivity index (χ2v) is 6.17. The van der Waals surface area contributed by atoms with Crippen LogP contribution in [0.1, 0.15) is 12.6 Å². The van der Waals surface area contributed by atoms with Crippen LogP contribution in [0.15, 0.2) is 22.7 Å². The van der Waals surface area contributed by atoms with E-state index in [4.69, 9.17) is 23.8 Å². The van der Waals surface area contributed by atoms with E-state index >= 15 is 0 Å². The summed E-state index contributed by atoms with van der Waals surface area (Å²) in [6.45, 7) is 4.78. The molecule has 0 radical (unpaired) electrons. The van der Waals surface area contributed by atoms with Crippen LogP contribution in [-0.2, 0) is 6.54 Å². The Labute approximate surface area is 134 Å². The maximum absolute atomic E-state index is 6.33. The Hall–Kier alpha value is -1.11. The molecule has 1 aromatic carbocycles. The second-order valence-electron chi connectivity index (χ2n) is 4.46. The molecular weight excluding hydrogens is 360 g/mol. The average Bonchev–Trinajstić information content (AvgIpc) is 2.90. The number of aromatic amines is 1. The van der Waals surface area contributed by atoms with Gasteiger partial charge in [-0.15, -0.1) is 0 Å². The van der Waals surface area contributed by atoms with Gasteiger partial charge in [-0.3, -0.25) is 4.57 Å². The monoisotopic (exact) mass is 370 g/mol. The van der Waals surface area contributed by atoms with Gasteiger partial charge in [0.05, 0.1) is 16.4 Å². The molecule has 7 heteroatoms. The van der Waals surface area contributed by atoms with Crippen molar-refractivity contribution < 1.29 is 0 Å². The van der Waals surface area contributed by atoms with E-state index in [0.29, 0.717) is 9.79 Å². The first-order chi connectivity index (χ1) is 9.52. The molecule has 4 nitrogen and oxygen atoms in total. The van der Waals surface area contributed by atoms with E-state index in [1.807, 2.05) is 34.4 Å². The third-order valence-electron chi connectivity index (χ3n) is 3.20. The Balaban J connectivity index is 2.44. The molecule has 0 aliphatic rings. The lowest BCUT2D eigenvalue weighted by Gasteiger charge is -2.08. The summed E-state index contributed by atoms with van der Waals surface area (Å²) in [5.74, 6) is 0. The molecule has 20 heavy (non-hydrogen) atoms. The van der Waals surface area contributed by atoms with Crippen molar-refractivity contribution in [2.45, 2.75) is 20.4 Å². The first-order valence-corrected chi connectivity index (χ1v) is 7.74. The number of aryl methyl sites for hydroxylation is 2. The zero-order chi connectivity index (χ0) is 14.4. The Morgan fingerprint density at radius 3 is 2.90 bits per heavy atom. The van der Waals surface area contributed by atoms with Crippen LogP contribution < -0.4 is 0 Å². The summed E-state index contributed by atoms with van der Waals surface area (Å²) < 4.78 is 5.42. The molecule has 0 spiro atoms. The number of imidazole rings is 1. The number of nitrogens with zero attached hydrogens (tertiary/aromatic N) is 3. The average molecular weight is 372 g/mol. The van der Waals surface area contributed by atoms with Crippen molar-refractivity contribution in [2.24, 2.45) is 0 Å². The minimum absolute atomic E-state index is 0.614. The molecule has 0 unspecified atom stereocenters. The Kier molecular flexibility index (Phi) is 3.48. The van der Waals surface area contributed by atoms with Gasteiger partial charge in [0.2, 0.25) is 0 Å². The van der Waals surface area contributed by atoms with Crippen LogP contribution in [0.5, 0.6) is 0 Å². The molecule has 0 saturated carbocycles. The lowest BCUT2D eigenvalue weighted by atomic mass is 10.3. The van der Waals surface area contributed by atoms with Gasteiger partial charge >= 0.3 is 0 Å². The summed E-state index contributed by atoms with van der Waals surface area (Å²) in [5, 5.41) is 5.16. The zero-order valence-electron chi connectivity index (χ0n) is 10.9. The van der Waals surface area contributed by atoms with Crippen LogP contribution in [-0.4, -0.2) is 19.3 Å². The number of fused-ring (bicyclic) bond motifs is 1. The largest absolute Gasteiger partial charge is 0.327 e. The number of hydrogen-bond donors (Lipinski definition) is 1. The van der Waals surface area contributed by atoms with Gasteiger partial charge in [-0.25, -0.2) is 4.68 Å². The molecular formula is C13H12BrClN4S. The standard InChI is InChI=1S/C13H12BrClN4S/c1-3-18-12-11(7(2)17-18)16-13(20)19(12)10-6-8(14)4-5-9(10)15/h4-6H,3H2,1-2H3,(H,16,20). The normalized spacial score (nSPS) is 11.4. The number of nitrogens with one attached hydrogen (secondary N) is 1. The van der Waals surface area contributed by atoms with Crippen LogP contribution in [0.25, 0.3) is 16.9 Å².